The molecule has 27 heavy (non-hydrogen) atoms. The van der Waals surface area contributed by atoms with Crippen molar-refractivity contribution in [2.75, 3.05) is 27.2 Å². The molecule has 1 aliphatic rings. The molecule has 0 aromatic carbocycles. The first-order chi connectivity index (χ1) is 12.3. The number of aliphatic imine (C=N–C) groups is 1. The number of nitrogens with zero attached hydrogens (tertiary/aromatic N) is 3. The molecule has 1 unspecified atom stereocenters. The Hall–Kier alpha value is -1.78. The highest BCUT2D eigenvalue weighted by molar-refractivity contribution is 14.0. The highest BCUT2D eigenvalue weighted by Crippen LogP contribution is 2.12. The topological polar surface area (TPSA) is 88.1 Å². The molecular formula is C18H30IN5O3. The van der Waals surface area contributed by atoms with Gasteiger partial charge in [0.25, 0.3) is 0 Å². The second kappa shape index (κ2) is 10.5. The Morgan fingerprint density at radius 1 is 1.41 bits per heavy atom. The van der Waals surface area contributed by atoms with Crippen molar-refractivity contribution in [3.63, 3.8) is 0 Å². The Morgan fingerprint density at radius 2 is 2.15 bits per heavy atom. The summed E-state index contributed by atoms with van der Waals surface area (Å²) in [5.41, 5.74) is 0.372. The van der Waals surface area contributed by atoms with Gasteiger partial charge in [-0.1, -0.05) is 6.07 Å². The molecule has 1 aromatic rings. The second-order valence-electron chi connectivity index (χ2n) is 7.15. The predicted molar refractivity (Wildman–Crippen MR) is 116 cm³/mol. The van der Waals surface area contributed by atoms with Crippen LogP contribution in [0.15, 0.2) is 23.2 Å². The normalized spacial score (nSPS) is 17.1. The fraction of sp³-hybridized carbons (Fsp3) is 0.611. The van der Waals surface area contributed by atoms with E-state index in [0.29, 0.717) is 19.0 Å². The summed E-state index contributed by atoms with van der Waals surface area (Å²) in [5, 5.41) is 6.22. The maximum absolute atomic E-state index is 11.9. The molecule has 1 aliphatic heterocycles. The van der Waals surface area contributed by atoms with Crippen LogP contribution in [0, 0.1) is 0 Å². The molecular weight excluding hydrogens is 461 g/mol. The van der Waals surface area contributed by atoms with E-state index in [1.807, 2.05) is 39.0 Å². The van der Waals surface area contributed by atoms with Gasteiger partial charge in [0.05, 0.1) is 25.4 Å². The van der Waals surface area contributed by atoms with Crippen LogP contribution in [0.1, 0.15) is 32.9 Å². The number of methoxy groups -OCH3 is 1. The molecule has 0 aliphatic carbocycles. The number of aromatic nitrogens is 1. The second-order valence-corrected chi connectivity index (χ2v) is 7.15. The molecule has 1 atom stereocenters. The van der Waals surface area contributed by atoms with Crippen LogP contribution in [0.5, 0.6) is 5.88 Å². The van der Waals surface area contributed by atoms with Crippen LogP contribution in [0.25, 0.3) is 0 Å². The molecule has 1 fully saturated rings. The Kier molecular flexibility index (Phi) is 9.07. The summed E-state index contributed by atoms with van der Waals surface area (Å²) in [5.74, 6) is 1.37. The van der Waals surface area contributed by atoms with Gasteiger partial charge in [0, 0.05) is 26.2 Å². The van der Waals surface area contributed by atoms with Gasteiger partial charge >= 0.3 is 6.09 Å². The minimum absolute atomic E-state index is 0. The molecule has 9 heteroatoms. The van der Waals surface area contributed by atoms with Crippen LogP contribution in [-0.4, -0.2) is 60.8 Å². The van der Waals surface area contributed by atoms with E-state index in [1.54, 1.807) is 14.2 Å². The van der Waals surface area contributed by atoms with Crippen LogP contribution in [0.3, 0.4) is 0 Å². The molecule has 2 heterocycles. The van der Waals surface area contributed by atoms with Gasteiger partial charge in [-0.2, -0.15) is 0 Å². The first kappa shape index (κ1) is 23.3. The lowest BCUT2D eigenvalue weighted by molar-refractivity contribution is 0.0507. The van der Waals surface area contributed by atoms with E-state index < -0.39 is 5.60 Å². The number of halogens is 1. The molecule has 0 spiro atoms. The van der Waals surface area contributed by atoms with Crippen molar-refractivity contribution in [1.29, 1.82) is 0 Å². The molecule has 2 N–H and O–H groups in total. The molecule has 2 rings (SSSR count). The van der Waals surface area contributed by atoms with Crippen molar-refractivity contribution in [2.24, 2.45) is 4.99 Å². The minimum Gasteiger partial charge on any atom is -0.481 e. The van der Waals surface area contributed by atoms with Gasteiger partial charge in [0.2, 0.25) is 5.88 Å². The summed E-state index contributed by atoms with van der Waals surface area (Å²) in [6.45, 7) is 7.60. The molecule has 1 aromatic heterocycles. The fourth-order valence-electron chi connectivity index (χ4n) is 2.72. The summed E-state index contributed by atoms with van der Waals surface area (Å²) < 4.78 is 10.5. The average Bonchev–Trinajstić information content (AvgIpc) is 3.02. The summed E-state index contributed by atoms with van der Waals surface area (Å²) in [6.07, 6.45) is 0.463. The number of guanidine groups is 1. The number of ether oxygens (including phenoxy) is 2. The molecule has 0 radical (unpaired) electrons. The maximum atomic E-state index is 11.9. The first-order valence-electron chi connectivity index (χ1n) is 8.76. The van der Waals surface area contributed by atoms with Gasteiger partial charge < -0.3 is 25.0 Å². The lowest BCUT2D eigenvalue weighted by atomic mass is 10.2. The summed E-state index contributed by atoms with van der Waals surface area (Å²) in [4.78, 5) is 22.7. The minimum atomic E-state index is -0.496. The summed E-state index contributed by atoms with van der Waals surface area (Å²) in [6, 6.07) is 5.69. The lowest BCUT2D eigenvalue weighted by Crippen LogP contribution is -2.44. The van der Waals surface area contributed by atoms with Gasteiger partial charge in [-0.05, 0) is 33.3 Å². The van der Waals surface area contributed by atoms with E-state index in [1.165, 1.54) is 0 Å². The zero-order valence-electron chi connectivity index (χ0n) is 16.6. The van der Waals surface area contributed by atoms with Crippen LogP contribution in [-0.2, 0) is 11.3 Å². The number of rotatable bonds is 4. The number of hydrogen-bond acceptors (Lipinski definition) is 5. The van der Waals surface area contributed by atoms with E-state index in [9.17, 15) is 4.79 Å². The molecule has 1 saturated heterocycles. The van der Waals surface area contributed by atoms with E-state index in [0.717, 1.165) is 24.6 Å². The van der Waals surface area contributed by atoms with Crippen molar-refractivity contribution in [1.82, 2.24) is 20.5 Å². The van der Waals surface area contributed by atoms with Crippen LogP contribution < -0.4 is 15.4 Å². The molecule has 0 saturated carbocycles. The average molecular weight is 491 g/mol. The number of pyridine rings is 1. The summed E-state index contributed by atoms with van der Waals surface area (Å²) >= 11 is 0. The fourth-order valence-corrected chi connectivity index (χ4v) is 2.72. The standard InChI is InChI=1S/C18H29N5O3.HI/c1-18(2,3)26-17(24)22-14-9-10-23(12-14)16(19-4)20-11-13-7-6-8-15(21-13)25-5;/h6-8,14H,9-12H2,1-5H3,(H,19,20)(H,22,24);1H. The smallest absolute Gasteiger partial charge is 0.407 e. The quantitative estimate of drug-likeness (QED) is 0.382. The van der Waals surface area contributed by atoms with E-state index in [2.05, 4.69) is 25.5 Å². The molecule has 1 amide bonds. The number of nitrogens with one attached hydrogen (secondary N) is 2. The van der Waals surface area contributed by atoms with Crippen molar-refractivity contribution >= 4 is 36.0 Å². The molecule has 0 bridgehead atoms. The number of carbonyl (C=O) groups is 1. The maximum Gasteiger partial charge on any atom is 0.407 e. The van der Waals surface area contributed by atoms with Gasteiger partial charge in [-0.3, -0.25) is 4.99 Å². The SMILES string of the molecule is CN=C(NCc1cccc(OC)n1)N1CCC(NC(=O)OC(C)(C)C)C1.I. The number of alkyl carbamates (subject to hydrolysis) is 1. The molecule has 8 nitrogen and oxygen atoms in total. The van der Waals surface area contributed by atoms with Crippen LogP contribution in [0.4, 0.5) is 4.79 Å². The van der Waals surface area contributed by atoms with Crippen molar-refractivity contribution in [3.05, 3.63) is 23.9 Å². The van der Waals surface area contributed by atoms with Crippen molar-refractivity contribution < 1.29 is 14.3 Å². The van der Waals surface area contributed by atoms with Gasteiger partial charge in [-0.15, -0.1) is 24.0 Å². The number of carbonyl (C=O) groups excluding carboxylic acids is 1. The first-order valence-corrected chi connectivity index (χ1v) is 8.76. The van der Waals surface area contributed by atoms with Gasteiger partial charge in [-0.25, -0.2) is 9.78 Å². The Labute approximate surface area is 178 Å². The third-order valence-corrected chi connectivity index (χ3v) is 3.84. The van der Waals surface area contributed by atoms with Crippen molar-refractivity contribution in [2.45, 2.75) is 45.4 Å². The van der Waals surface area contributed by atoms with Gasteiger partial charge in [0.15, 0.2) is 5.96 Å². The highest BCUT2D eigenvalue weighted by atomic mass is 127. The van der Waals surface area contributed by atoms with Crippen LogP contribution in [0.2, 0.25) is 0 Å². The summed E-state index contributed by atoms with van der Waals surface area (Å²) in [7, 11) is 3.34. The number of likely N-dealkylation sites (tertiary alicyclic amines) is 1. The number of hydrogen-bond donors (Lipinski definition) is 2. The monoisotopic (exact) mass is 491 g/mol. The Bertz CT molecular complexity index is 648. The molecule has 152 valence electrons. The highest BCUT2D eigenvalue weighted by Gasteiger charge is 2.27. The Balaban J connectivity index is 0.00000364. The van der Waals surface area contributed by atoms with Crippen LogP contribution >= 0.6 is 24.0 Å². The van der Waals surface area contributed by atoms with E-state index in [4.69, 9.17) is 9.47 Å². The largest absolute Gasteiger partial charge is 0.481 e. The predicted octanol–water partition coefficient (Wildman–Crippen LogP) is 2.38. The number of amides is 1. The Morgan fingerprint density at radius 3 is 2.78 bits per heavy atom. The van der Waals surface area contributed by atoms with E-state index in [-0.39, 0.29) is 36.1 Å². The zero-order chi connectivity index (χ0) is 19.2. The third kappa shape index (κ3) is 7.77. The van der Waals surface area contributed by atoms with Crippen molar-refractivity contribution in [3.8, 4) is 5.88 Å². The van der Waals surface area contributed by atoms with Gasteiger partial charge in [0.1, 0.15) is 5.60 Å². The zero-order valence-corrected chi connectivity index (χ0v) is 18.9. The third-order valence-electron chi connectivity index (χ3n) is 3.84. The van der Waals surface area contributed by atoms with E-state index >= 15 is 0 Å². The lowest BCUT2D eigenvalue weighted by Gasteiger charge is -2.23.